The van der Waals surface area contributed by atoms with Crippen LogP contribution < -0.4 is 10.0 Å². The molecule has 36 heavy (non-hydrogen) atoms. The molecule has 1 fully saturated rings. The molecule has 3 N–H and O–H groups in total. The van der Waals surface area contributed by atoms with Crippen LogP contribution in [0.25, 0.3) is 11.1 Å². The number of aliphatic carboxylic acids is 1. The Morgan fingerprint density at radius 1 is 1.08 bits per heavy atom. The van der Waals surface area contributed by atoms with Crippen LogP contribution in [0.5, 0.6) is 0 Å². The topological polar surface area (TPSA) is 113 Å². The summed E-state index contributed by atoms with van der Waals surface area (Å²) in [5, 5.41) is 12.1. The Hall–Kier alpha value is -1.76. The van der Waals surface area contributed by atoms with Gasteiger partial charge < -0.3 is 10.4 Å². The number of carboxylic acid groups (broad SMARTS) is 1. The van der Waals surface area contributed by atoms with Crippen LogP contribution in [-0.2, 0) is 14.8 Å². The summed E-state index contributed by atoms with van der Waals surface area (Å²) in [7, 11) is -3.76. The van der Waals surface area contributed by atoms with E-state index in [-0.39, 0.29) is 29.3 Å². The van der Waals surface area contributed by atoms with Crippen molar-refractivity contribution in [3.05, 3.63) is 54.1 Å². The first-order valence-corrected chi connectivity index (χ1v) is 14.9. The van der Waals surface area contributed by atoms with Crippen LogP contribution in [0.1, 0.15) is 55.3 Å². The van der Waals surface area contributed by atoms with E-state index in [1.54, 1.807) is 24.3 Å². The molecule has 0 heterocycles. The predicted molar refractivity (Wildman–Crippen MR) is 147 cm³/mol. The van der Waals surface area contributed by atoms with Gasteiger partial charge in [0.1, 0.15) is 6.04 Å². The molecular formula is C26H35LiN2O5S2. The van der Waals surface area contributed by atoms with Crippen LogP contribution in [-0.4, -0.2) is 68.9 Å². The summed E-state index contributed by atoms with van der Waals surface area (Å²) in [6, 6.07) is 12.4. The molecule has 1 saturated carbocycles. The molecule has 1 amide bonds. The molecule has 0 aliphatic heterocycles. The van der Waals surface area contributed by atoms with Gasteiger partial charge >= 0.3 is 24.8 Å². The summed E-state index contributed by atoms with van der Waals surface area (Å²) in [4.78, 5) is 24.8. The van der Waals surface area contributed by atoms with Crippen LogP contribution in [0.4, 0.5) is 0 Å². The van der Waals surface area contributed by atoms with E-state index in [1.165, 1.54) is 49.2 Å². The monoisotopic (exact) mass is 526 g/mol. The van der Waals surface area contributed by atoms with E-state index in [0.29, 0.717) is 35.8 Å². The third-order valence-electron chi connectivity index (χ3n) is 6.41. The zero-order chi connectivity index (χ0) is 25.3. The van der Waals surface area contributed by atoms with Gasteiger partial charge in [-0.2, -0.15) is 11.8 Å². The molecule has 2 aromatic rings. The fourth-order valence-electron chi connectivity index (χ4n) is 4.43. The molecule has 1 atom stereocenters. The van der Waals surface area contributed by atoms with Crippen molar-refractivity contribution in [2.24, 2.45) is 5.92 Å². The number of carboxylic acids is 1. The van der Waals surface area contributed by atoms with Gasteiger partial charge in [-0.05, 0) is 60.1 Å². The van der Waals surface area contributed by atoms with Crippen LogP contribution in [0, 0.1) is 5.92 Å². The Bertz CT molecular complexity index is 1110. The van der Waals surface area contributed by atoms with Gasteiger partial charge in [-0.3, -0.25) is 4.79 Å². The summed E-state index contributed by atoms with van der Waals surface area (Å²) in [6.07, 6.45) is 8.96. The molecule has 0 aromatic heterocycles. The van der Waals surface area contributed by atoms with Crippen molar-refractivity contribution < 1.29 is 23.1 Å². The molecule has 2 aromatic carbocycles. The Kier molecular flexibility index (Phi) is 12.6. The number of benzene rings is 2. The second-order valence-corrected chi connectivity index (χ2v) is 11.7. The first-order chi connectivity index (χ1) is 16.8. The van der Waals surface area contributed by atoms with Crippen LogP contribution in [0.3, 0.4) is 0 Å². The Labute approximate surface area is 230 Å². The third-order valence-corrected chi connectivity index (χ3v) is 8.52. The normalized spacial score (nSPS) is 15.0. The van der Waals surface area contributed by atoms with Gasteiger partial charge in [-0.25, -0.2) is 17.9 Å². The summed E-state index contributed by atoms with van der Waals surface area (Å²) >= 11 is 1.50. The average molecular weight is 527 g/mol. The SMILES string of the molecule is CSCCC(NC(=O)c1ccc(S(=O)(=O)NCCC2CCCCC2)cc1-c1ccccc1)C(=O)O.[LiH]. The van der Waals surface area contributed by atoms with E-state index in [2.05, 4.69) is 10.0 Å². The van der Waals surface area contributed by atoms with Crippen LogP contribution in [0.15, 0.2) is 53.4 Å². The average Bonchev–Trinajstić information content (AvgIpc) is 2.87. The van der Waals surface area contributed by atoms with Crippen molar-refractivity contribution in [2.75, 3.05) is 18.6 Å². The second kappa shape index (κ2) is 14.8. The zero-order valence-corrected chi connectivity index (χ0v) is 21.7. The molecular weight excluding hydrogens is 491 g/mol. The molecule has 0 radical (unpaired) electrons. The van der Waals surface area contributed by atoms with E-state index in [1.807, 2.05) is 12.3 Å². The van der Waals surface area contributed by atoms with E-state index in [4.69, 9.17) is 0 Å². The van der Waals surface area contributed by atoms with E-state index >= 15 is 0 Å². The molecule has 1 aliphatic carbocycles. The maximum absolute atomic E-state index is 13.1. The molecule has 0 spiro atoms. The molecule has 0 saturated heterocycles. The van der Waals surface area contributed by atoms with Crippen LogP contribution >= 0.6 is 11.8 Å². The van der Waals surface area contributed by atoms with E-state index in [0.717, 1.165) is 19.3 Å². The van der Waals surface area contributed by atoms with Crippen LogP contribution in [0.2, 0.25) is 0 Å². The van der Waals surface area contributed by atoms with Crippen molar-refractivity contribution >= 4 is 52.5 Å². The molecule has 1 aliphatic rings. The van der Waals surface area contributed by atoms with Gasteiger partial charge in [0, 0.05) is 12.1 Å². The summed E-state index contributed by atoms with van der Waals surface area (Å²) < 4.78 is 28.8. The first kappa shape index (κ1) is 30.5. The number of hydrogen-bond donors (Lipinski definition) is 3. The van der Waals surface area contributed by atoms with Crippen molar-refractivity contribution in [3.8, 4) is 11.1 Å². The van der Waals surface area contributed by atoms with Crippen molar-refractivity contribution in [2.45, 2.75) is 55.9 Å². The van der Waals surface area contributed by atoms with Gasteiger partial charge in [0.2, 0.25) is 10.0 Å². The van der Waals surface area contributed by atoms with E-state index in [9.17, 15) is 23.1 Å². The molecule has 7 nitrogen and oxygen atoms in total. The third kappa shape index (κ3) is 8.67. The number of sulfonamides is 1. The zero-order valence-electron chi connectivity index (χ0n) is 20.0. The fourth-order valence-corrected chi connectivity index (χ4v) is 5.98. The fraction of sp³-hybridized carbons (Fsp3) is 0.462. The molecule has 192 valence electrons. The minimum absolute atomic E-state index is 0. The first-order valence-electron chi connectivity index (χ1n) is 12.0. The molecule has 3 rings (SSSR count). The standard InChI is InChI=1S/C26H34N2O5S2.Li.H/c1-34-17-15-24(26(30)31)28-25(29)22-13-12-21(18-23(22)20-10-6-3-7-11-20)35(32,33)27-16-14-19-8-4-2-5-9-19;;/h3,6-7,10-13,18-19,24,27H,2,4-5,8-9,14-17H2,1H3,(H,28,29)(H,30,31);;. The molecule has 1 unspecified atom stereocenters. The maximum atomic E-state index is 13.1. The summed E-state index contributed by atoms with van der Waals surface area (Å²) in [5.74, 6) is -0.501. The Balaban J connectivity index is 0.00000456. The van der Waals surface area contributed by atoms with Crippen molar-refractivity contribution in [1.82, 2.24) is 10.0 Å². The summed E-state index contributed by atoms with van der Waals surface area (Å²) in [6.45, 7) is 0.381. The van der Waals surface area contributed by atoms with Gasteiger partial charge in [0.25, 0.3) is 5.91 Å². The van der Waals surface area contributed by atoms with Gasteiger partial charge in [-0.15, -0.1) is 0 Å². The number of carbonyl (C=O) groups is 2. The van der Waals surface area contributed by atoms with Gasteiger partial charge in [-0.1, -0.05) is 62.4 Å². The molecule has 0 bridgehead atoms. The quantitative estimate of drug-likeness (QED) is 0.362. The number of nitrogens with one attached hydrogen (secondary N) is 2. The number of thioether (sulfide) groups is 1. The number of rotatable bonds is 12. The van der Waals surface area contributed by atoms with Gasteiger partial charge in [0.15, 0.2) is 0 Å². The summed E-state index contributed by atoms with van der Waals surface area (Å²) in [5.41, 5.74) is 1.34. The second-order valence-electron chi connectivity index (χ2n) is 8.91. The number of carbonyl (C=O) groups excluding carboxylic acids is 1. The van der Waals surface area contributed by atoms with Gasteiger partial charge in [0.05, 0.1) is 4.90 Å². The number of hydrogen-bond acceptors (Lipinski definition) is 5. The minimum atomic E-state index is -3.76. The number of amides is 1. The molecule has 10 heteroatoms. The van der Waals surface area contributed by atoms with E-state index < -0.39 is 27.9 Å². The Morgan fingerprint density at radius 3 is 2.42 bits per heavy atom. The predicted octanol–water partition coefficient (Wildman–Crippen LogP) is 3.89. The Morgan fingerprint density at radius 2 is 1.78 bits per heavy atom. The van der Waals surface area contributed by atoms with Crippen molar-refractivity contribution in [3.63, 3.8) is 0 Å². The van der Waals surface area contributed by atoms with Crippen molar-refractivity contribution in [1.29, 1.82) is 0 Å².